The maximum Gasteiger partial charge on any atom is 0.306 e. The van der Waals surface area contributed by atoms with Crippen LogP contribution in [-0.2, 0) is 4.79 Å². The van der Waals surface area contributed by atoms with E-state index in [1.165, 1.54) is 6.42 Å². The van der Waals surface area contributed by atoms with E-state index in [0.29, 0.717) is 35.5 Å². The summed E-state index contributed by atoms with van der Waals surface area (Å²) in [5.41, 5.74) is 0.301. The van der Waals surface area contributed by atoms with Crippen molar-refractivity contribution < 1.29 is 15.0 Å². The third-order valence-electron chi connectivity index (χ3n) is 9.38. The van der Waals surface area contributed by atoms with Gasteiger partial charge in [0.05, 0.1) is 12.0 Å². The summed E-state index contributed by atoms with van der Waals surface area (Å²) in [4.78, 5) is 12.0. The Bertz CT molecular complexity index is 608. The monoisotopic (exact) mass is 330 g/mol. The average molecular weight is 330 g/mol. The number of aliphatic carboxylic acids is 1. The van der Waals surface area contributed by atoms with E-state index in [2.05, 4.69) is 26.0 Å². The van der Waals surface area contributed by atoms with Crippen molar-refractivity contribution >= 4 is 5.97 Å². The van der Waals surface area contributed by atoms with Gasteiger partial charge >= 0.3 is 5.97 Å². The summed E-state index contributed by atoms with van der Waals surface area (Å²) in [5.74, 6) is 2.87. The third-order valence-corrected chi connectivity index (χ3v) is 9.38. The largest absolute Gasteiger partial charge is 0.481 e. The minimum absolute atomic E-state index is 0.130. The van der Waals surface area contributed by atoms with Crippen molar-refractivity contribution in [3.63, 3.8) is 0 Å². The van der Waals surface area contributed by atoms with E-state index in [4.69, 9.17) is 0 Å². The van der Waals surface area contributed by atoms with Crippen LogP contribution < -0.4 is 0 Å². The highest BCUT2D eigenvalue weighted by atomic mass is 16.4. The quantitative estimate of drug-likeness (QED) is 0.612. The van der Waals surface area contributed by atoms with Crippen LogP contribution in [0.2, 0.25) is 0 Å². The van der Waals surface area contributed by atoms with Gasteiger partial charge in [0.25, 0.3) is 0 Å². The molecule has 0 aromatic carbocycles. The molecule has 4 fully saturated rings. The molecule has 9 atom stereocenters. The first-order valence-electron chi connectivity index (χ1n) is 9.94. The normalized spacial score (nSPS) is 54.6. The first kappa shape index (κ1) is 15.4. The number of carboxylic acids is 1. The molecule has 0 aromatic rings. The minimum atomic E-state index is -0.561. The third kappa shape index (κ3) is 1.65. The van der Waals surface area contributed by atoms with Gasteiger partial charge in [0, 0.05) is 0 Å². The van der Waals surface area contributed by atoms with E-state index >= 15 is 0 Å². The van der Waals surface area contributed by atoms with Crippen LogP contribution in [0.5, 0.6) is 0 Å². The molecule has 0 aromatic heterocycles. The second-order valence-electron chi connectivity index (χ2n) is 10.1. The zero-order valence-corrected chi connectivity index (χ0v) is 14.8. The molecule has 9 unspecified atom stereocenters. The number of hydrogen-bond donors (Lipinski definition) is 2. The fraction of sp³-hybridized carbons (Fsp3) is 0.857. The predicted octanol–water partition coefficient (Wildman–Crippen LogP) is 3.72. The minimum Gasteiger partial charge on any atom is -0.481 e. The Hall–Kier alpha value is -0.830. The Morgan fingerprint density at radius 3 is 2.54 bits per heavy atom. The predicted molar refractivity (Wildman–Crippen MR) is 91.1 cm³/mol. The van der Waals surface area contributed by atoms with Crippen molar-refractivity contribution in [2.45, 2.75) is 58.5 Å². The lowest BCUT2D eigenvalue weighted by Gasteiger charge is -2.54. The van der Waals surface area contributed by atoms with Gasteiger partial charge in [0.2, 0.25) is 0 Å². The van der Waals surface area contributed by atoms with Crippen LogP contribution in [0.1, 0.15) is 52.4 Å². The topological polar surface area (TPSA) is 57.5 Å². The van der Waals surface area contributed by atoms with Crippen LogP contribution in [-0.4, -0.2) is 22.3 Å². The van der Waals surface area contributed by atoms with Gasteiger partial charge in [-0.3, -0.25) is 4.79 Å². The van der Waals surface area contributed by atoms with Crippen molar-refractivity contribution in [3.8, 4) is 0 Å². The standard InChI is InChI=1S/C21H30O3/c1-20(2,13-5-6-14(22)8-13)21-9-15(16(10-21)19(23)24)17-11-3-4-12(7-11)18(17)21/h3-4,11-18,22H,5-10H2,1-2H3,(H,23,24). The molecule has 0 heterocycles. The maximum atomic E-state index is 12.0. The van der Waals surface area contributed by atoms with Gasteiger partial charge in [0.15, 0.2) is 0 Å². The smallest absolute Gasteiger partial charge is 0.306 e. The molecule has 4 bridgehead atoms. The lowest BCUT2D eigenvalue weighted by atomic mass is 9.50. The van der Waals surface area contributed by atoms with E-state index in [1.54, 1.807) is 0 Å². The Kier molecular flexibility index (Phi) is 3.00. The Balaban J connectivity index is 1.57. The maximum absolute atomic E-state index is 12.0. The molecule has 2 N–H and O–H groups in total. The lowest BCUT2D eigenvalue weighted by molar-refractivity contribution is -0.147. The van der Waals surface area contributed by atoms with Gasteiger partial charge < -0.3 is 10.2 Å². The Labute approximate surface area is 144 Å². The van der Waals surface area contributed by atoms with E-state index in [1.807, 2.05) is 0 Å². The van der Waals surface area contributed by atoms with Crippen LogP contribution in [0, 0.1) is 52.3 Å². The molecule has 0 spiro atoms. The Morgan fingerprint density at radius 1 is 1.12 bits per heavy atom. The van der Waals surface area contributed by atoms with Crippen molar-refractivity contribution in [2.75, 3.05) is 0 Å². The highest BCUT2D eigenvalue weighted by molar-refractivity contribution is 5.71. The highest BCUT2D eigenvalue weighted by Gasteiger charge is 2.73. The number of aliphatic hydroxyl groups excluding tert-OH is 1. The number of fused-ring (bicyclic) bond motifs is 9. The van der Waals surface area contributed by atoms with Gasteiger partial charge in [-0.15, -0.1) is 0 Å². The number of allylic oxidation sites excluding steroid dienone is 2. The molecule has 5 rings (SSSR count). The average Bonchev–Trinajstić information content (AvgIpc) is 3.30. The number of carboxylic acid groups (broad SMARTS) is 1. The van der Waals surface area contributed by atoms with E-state index in [9.17, 15) is 15.0 Å². The molecule has 132 valence electrons. The van der Waals surface area contributed by atoms with Gasteiger partial charge in [-0.2, -0.15) is 0 Å². The van der Waals surface area contributed by atoms with E-state index < -0.39 is 5.97 Å². The van der Waals surface area contributed by atoms with Crippen molar-refractivity contribution in [2.24, 2.45) is 52.3 Å². The molecule has 3 nitrogen and oxygen atoms in total. The van der Waals surface area contributed by atoms with Crippen LogP contribution in [0.3, 0.4) is 0 Å². The van der Waals surface area contributed by atoms with Crippen LogP contribution in [0.25, 0.3) is 0 Å². The summed E-state index contributed by atoms with van der Waals surface area (Å²) in [6, 6.07) is 0. The number of aliphatic hydroxyl groups is 1. The summed E-state index contributed by atoms with van der Waals surface area (Å²) < 4.78 is 0. The molecule has 0 aliphatic heterocycles. The second-order valence-corrected chi connectivity index (χ2v) is 10.1. The molecule has 0 amide bonds. The van der Waals surface area contributed by atoms with Crippen molar-refractivity contribution in [1.29, 1.82) is 0 Å². The fourth-order valence-electron chi connectivity index (χ4n) is 8.33. The Morgan fingerprint density at radius 2 is 1.88 bits per heavy atom. The number of carbonyl (C=O) groups is 1. The highest BCUT2D eigenvalue weighted by Crippen LogP contribution is 2.78. The van der Waals surface area contributed by atoms with Gasteiger partial charge in [-0.25, -0.2) is 0 Å². The molecular weight excluding hydrogens is 300 g/mol. The molecule has 5 aliphatic carbocycles. The first-order valence-corrected chi connectivity index (χ1v) is 9.94. The summed E-state index contributed by atoms with van der Waals surface area (Å²) in [5, 5.41) is 20.0. The van der Waals surface area contributed by atoms with Crippen LogP contribution in [0.15, 0.2) is 12.2 Å². The first-order chi connectivity index (χ1) is 11.3. The zero-order chi connectivity index (χ0) is 16.9. The molecular formula is C21H30O3. The molecule has 4 saturated carbocycles. The lowest BCUT2D eigenvalue weighted by Crippen LogP contribution is -2.49. The summed E-state index contributed by atoms with van der Waals surface area (Å²) >= 11 is 0. The van der Waals surface area contributed by atoms with Crippen molar-refractivity contribution in [3.05, 3.63) is 12.2 Å². The fourth-order valence-corrected chi connectivity index (χ4v) is 8.33. The molecule has 5 aliphatic rings. The molecule has 24 heavy (non-hydrogen) atoms. The van der Waals surface area contributed by atoms with E-state index in [-0.39, 0.29) is 22.9 Å². The summed E-state index contributed by atoms with van der Waals surface area (Å²) in [7, 11) is 0. The van der Waals surface area contributed by atoms with Gasteiger partial charge in [-0.05, 0) is 84.9 Å². The molecule has 0 radical (unpaired) electrons. The van der Waals surface area contributed by atoms with Gasteiger partial charge in [-0.1, -0.05) is 26.0 Å². The van der Waals surface area contributed by atoms with E-state index in [0.717, 1.165) is 32.1 Å². The van der Waals surface area contributed by atoms with Crippen LogP contribution >= 0.6 is 0 Å². The molecule has 0 saturated heterocycles. The SMILES string of the molecule is CC(C)(C1CCC(O)C1)C12CC(C(=O)O)C(C1)C1C3C=CC(C3)C12. The van der Waals surface area contributed by atoms with Crippen molar-refractivity contribution in [1.82, 2.24) is 0 Å². The van der Waals surface area contributed by atoms with Gasteiger partial charge in [0.1, 0.15) is 0 Å². The van der Waals surface area contributed by atoms with Crippen LogP contribution in [0.4, 0.5) is 0 Å². The summed E-state index contributed by atoms with van der Waals surface area (Å²) in [6.45, 7) is 4.82. The zero-order valence-electron chi connectivity index (χ0n) is 14.8. The number of rotatable bonds is 3. The number of hydrogen-bond acceptors (Lipinski definition) is 2. The summed E-state index contributed by atoms with van der Waals surface area (Å²) in [6.07, 6.45) is 10.9. The second kappa shape index (κ2) is 4.66. The molecule has 3 heteroatoms.